The molecule has 33 heavy (non-hydrogen) atoms. The molecule has 2 heterocycles. The van der Waals surface area contributed by atoms with Crippen molar-refractivity contribution >= 4 is 34.8 Å². The Kier molecular flexibility index (Phi) is 7.77. The third kappa shape index (κ3) is 6.87. The maximum absolute atomic E-state index is 13.1. The molecule has 2 amide bonds. The van der Waals surface area contributed by atoms with Gasteiger partial charge in [0.15, 0.2) is 6.61 Å². The van der Waals surface area contributed by atoms with Crippen molar-refractivity contribution in [2.24, 2.45) is 0 Å². The van der Waals surface area contributed by atoms with Crippen LogP contribution in [0.15, 0.2) is 47.7 Å². The van der Waals surface area contributed by atoms with E-state index < -0.39 is 30.2 Å². The second-order valence-electron chi connectivity index (χ2n) is 6.65. The van der Waals surface area contributed by atoms with Gasteiger partial charge in [-0.2, -0.15) is 29.6 Å². The van der Waals surface area contributed by atoms with E-state index >= 15 is 0 Å². The summed E-state index contributed by atoms with van der Waals surface area (Å²) in [5.41, 5.74) is -0.462. The molecule has 9 nitrogen and oxygen atoms in total. The third-order valence-corrected chi connectivity index (χ3v) is 4.94. The van der Waals surface area contributed by atoms with Gasteiger partial charge >= 0.3 is 12.1 Å². The third-order valence-electron chi connectivity index (χ3n) is 4.25. The second-order valence-corrected chi connectivity index (χ2v) is 7.43. The van der Waals surface area contributed by atoms with Crippen LogP contribution in [0.5, 0.6) is 0 Å². The highest BCUT2D eigenvalue weighted by Gasteiger charge is 2.31. The lowest BCUT2D eigenvalue weighted by Crippen LogP contribution is -2.25. The van der Waals surface area contributed by atoms with Crippen LogP contribution in [0.2, 0.25) is 0 Å². The molecule has 1 aromatic carbocycles. The highest BCUT2D eigenvalue weighted by Crippen LogP contribution is 2.33. The summed E-state index contributed by atoms with van der Waals surface area (Å²) >= 11 is 1.39. The highest BCUT2D eigenvalue weighted by atomic mass is 32.1. The van der Waals surface area contributed by atoms with Gasteiger partial charge in [0.05, 0.1) is 16.9 Å². The molecular formula is C20H18F3N5O4S. The van der Waals surface area contributed by atoms with Crippen molar-refractivity contribution in [3.05, 3.63) is 58.8 Å². The van der Waals surface area contributed by atoms with E-state index in [9.17, 15) is 27.6 Å². The summed E-state index contributed by atoms with van der Waals surface area (Å²) in [6.07, 6.45) is -1.93. The number of hydrogen-bond acceptors (Lipinski definition) is 7. The van der Waals surface area contributed by atoms with Gasteiger partial charge in [-0.1, -0.05) is 0 Å². The number of alkyl halides is 3. The van der Waals surface area contributed by atoms with Gasteiger partial charge < -0.3 is 15.4 Å². The Morgan fingerprint density at radius 3 is 2.67 bits per heavy atom. The summed E-state index contributed by atoms with van der Waals surface area (Å²) < 4.78 is 45.3. The second kappa shape index (κ2) is 10.7. The Labute approximate surface area is 189 Å². The van der Waals surface area contributed by atoms with E-state index in [1.807, 2.05) is 0 Å². The molecule has 3 rings (SSSR count). The first kappa shape index (κ1) is 23.9. The fourth-order valence-electron chi connectivity index (χ4n) is 2.68. The number of rotatable bonds is 9. The standard InChI is InChI=1S/C20H18F3N5O4S/c21-20(22,23)14-3-4-16(28-12-24-11-26-28)15(8-14)27-17(29)9-32-18(30)2-1-6-25-19(31)13-5-7-33-10-13/h3-5,7-8,10-12H,1-2,6,9H2,(H,25,31)(H,27,29). The Balaban J connectivity index is 1.49. The SMILES string of the molecule is O=C(COC(=O)CCCNC(=O)c1ccsc1)Nc1cc(C(F)(F)F)ccc1-n1cncn1. The number of aromatic nitrogens is 3. The lowest BCUT2D eigenvalue weighted by molar-refractivity contribution is -0.147. The average molecular weight is 481 g/mol. The molecular weight excluding hydrogens is 463 g/mol. The molecule has 2 N–H and O–H groups in total. The van der Waals surface area contributed by atoms with E-state index in [0.717, 1.165) is 18.2 Å². The summed E-state index contributed by atoms with van der Waals surface area (Å²) in [6.45, 7) is -0.450. The number of nitrogens with zero attached hydrogens (tertiary/aromatic N) is 3. The van der Waals surface area contributed by atoms with Crippen LogP contribution in [0.4, 0.5) is 18.9 Å². The maximum atomic E-state index is 13.1. The van der Waals surface area contributed by atoms with Crippen LogP contribution in [0, 0.1) is 0 Å². The van der Waals surface area contributed by atoms with E-state index in [0.29, 0.717) is 12.0 Å². The zero-order chi connectivity index (χ0) is 23.8. The van der Waals surface area contributed by atoms with Crippen LogP contribution in [0.25, 0.3) is 5.69 Å². The number of anilines is 1. The number of amides is 2. The lowest BCUT2D eigenvalue weighted by Gasteiger charge is -2.14. The minimum absolute atomic E-state index is 0.0506. The monoisotopic (exact) mass is 481 g/mol. The molecule has 174 valence electrons. The number of thiophene rings is 1. The maximum Gasteiger partial charge on any atom is 0.416 e. The number of halogens is 3. The number of hydrogen-bond donors (Lipinski definition) is 2. The molecule has 0 atom stereocenters. The molecule has 0 saturated carbocycles. The molecule has 0 fully saturated rings. The number of nitrogens with one attached hydrogen (secondary N) is 2. The van der Waals surface area contributed by atoms with Crippen LogP contribution in [-0.2, 0) is 20.5 Å². The van der Waals surface area contributed by atoms with E-state index in [1.54, 1.807) is 16.8 Å². The number of benzene rings is 1. The summed E-state index contributed by atoms with van der Waals surface area (Å²) in [7, 11) is 0. The van der Waals surface area contributed by atoms with Gasteiger partial charge in [-0.3, -0.25) is 14.4 Å². The smallest absolute Gasteiger partial charge is 0.416 e. The molecule has 0 radical (unpaired) electrons. The minimum Gasteiger partial charge on any atom is -0.456 e. The van der Waals surface area contributed by atoms with Crippen LogP contribution >= 0.6 is 11.3 Å². The molecule has 0 bridgehead atoms. The number of carbonyl (C=O) groups is 3. The van der Waals surface area contributed by atoms with Gasteiger partial charge in [0.2, 0.25) is 0 Å². The van der Waals surface area contributed by atoms with Gasteiger partial charge in [0.25, 0.3) is 11.8 Å². The van der Waals surface area contributed by atoms with Crippen LogP contribution in [-0.4, -0.2) is 45.7 Å². The van der Waals surface area contributed by atoms with E-state index in [2.05, 4.69) is 20.7 Å². The Hall–Kier alpha value is -3.74. The average Bonchev–Trinajstić information content (AvgIpc) is 3.49. The van der Waals surface area contributed by atoms with Crippen molar-refractivity contribution in [1.82, 2.24) is 20.1 Å². The molecule has 0 saturated heterocycles. The predicted molar refractivity (Wildman–Crippen MR) is 112 cm³/mol. The van der Waals surface area contributed by atoms with Crippen molar-refractivity contribution in [3.63, 3.8) is 0 Å². The van der Waals surface area contributed by atoms with Gasteiger partial charge in [-0.15, -0.1) is 0 Å². The summed E-state index contributed by atoms with van der Waals surface area (Å²) in [5, 5.41) is 12.3. The highest BCUT2D eigenvalue weighted by molar-refractivity contribution is 7.08. The van der Waals surface area contributed by atoms with E-state index in [4.69, 9.17) is 4.74 Å². The predicted octanol–water partition coefficient (Wildman–Crippen LogP) is 3.04. The Morgan fingerprint density at radius 1 is 1.18 bits per heavy atom. The largest absolute Gasteiger partial charge is 0.456 e. The Bertz CT molecular complexity index is 1100. The first-order chi connectivity index (χ1) is 15.7. The van der Waals surface area contributed by atoms with Crippen molar-refractivity contribution in [2.45, 2.75) is 19.0 Å². The molecule has 0 spiro atoms. The van der Waals surface area contributed by atoms with E-state index in [-0.39, 0.29) is 30.2 Å². The normalized spacial score (nSPS) is 11.1. The minimum atomic E-state index is -4.62. The fraction of sp³-hybridized carbons (Fsp3) is 0.250. The zero-order valence-corrected chi connectivity index (χ0v) is 17.8. The van der Waals surface area contributed by atoms with Crippen molar-refractivity contribution in [1.29, 1.82) is 0 Å². The molecule has 2 aromatic heterocycles. The quantitative estimate of drug-likeness (QED) is 0.359. The first-order valence-electron chi connectivity index (χ1n) is 9.56. The van der Waals surface area contributed by atoms with Crippen molar-refractivity contribution in [2.75, 3.05) is 18.5 Å². The van der Waals surface area contributed by atoms with Gasteiger partial charge in [0, 0.05) is 23.9 Å². The molecule has 0 aliphatic rings. The summed E-state index contributed by atoms with van der Waals surface area (Å²) in [5.74, 6) is -1.77. The zero-order valence-electron chi connectivity index (χ0n) is 17.0. The molecule has 0 aliphatic heterocycles. The molecule has 3 aromatic rings. The molecule has 0 aliphatic carbocycles. The summed E-state index contributed by atoms with van der Waals surface area (Å²) in [6, 6.07) is 4.42. The van der Waals surface area contributed by atoms with Gasteiger partial charge in [-0.25, -0.2) is 9.67 Å². The van der Waals surface area contributed by atoms with Gasteiger partial charge in [-0.05, 0) is 36.1 Å². The van der Waals surface area contributed by atoms with Gasteiger partial charge in [0.1, 0.15) is 12.7 Å². The van der Waals surface area contributed by atoms with Crippen LogP contribution < -0.4 is 10.6 Å². The first-order valence-corrected chi connectivity index (χ1v) is 10.5. The summed E-state index contributed by atoms with van der Waals surface area (Å²) in [4.78, 5) is 39.5. The van der Waals surface area contributed by atoms with E-state index in [1.165, 1.54) is 28.7 Å². The molecule has 0 unspecified atom stereocenters. The lowest BCUT2D eigenvalue weighted by atomic mass is 10.1. The Morgan fingerprint density at radius 2 is 2.00 bits per heavy atom. The number of ether oxygens (including phenoxy) is 1. The number of esters is 1. The molecule has 13 heteroatoms. The van der Waals surface area contributed by atoms with Crippen molar-refractivity contribution < 1.29 is 32.3 Å². The topological polar surface area (TPSA) is 115 Å². The number of carbonyl (C=O) groups excluding carboxylic acids is 3. The fourth-order valence-corrected chi connectivity index (χ4v) is 3.32. The van der Waals surface area contributed by atoms with Crippen LogP contribution in [0.3, 0.4) is 0 Å². The van der Waals surface area contributed by atoms with Crippen LogP contribution in [0.1, 0.15) is 28.8 Å². The van der Waals surface area contributed by atoms with Crippen molar-refractivity contribution in [3.8, 4) is 5.69 Å².